The lowest BCUT2D eigenvalue weighted by atomic mass is 9.95. The van der Waals surface area contributed by atoms with Gasteiger partial charge < -0.3 is 10.4 Å². The van der Waals surface area contributed by atoms with Crippen molar-refractivity contribution < 1.29 is 5.11 Å². The molecule has 2 aliphatic rings. The highest BCUT2D eigenvalue weighted by Gasteiger charge is 2.42. The molecule has 3 rings (SSSR count). The molecular formula is C15H23NOS. The van der Waals surface area contributed by atoms with Crippen LogP contribution < -0.4 is 5.32 Å². The van der Waals surface area contributed by atoms with Gasteiger partial charge in [0.15, 0.2) is 0 Å². The molecule has 0 aromatic carbocycles. The summed E-state index contributed by atoms with van der Waals surface area (Å²) < 4.78 is 0. The fourth-order valence-electron chi connectivity index (χ4n) is 3.15. The van der Waals surface area contributed by atoms with Crippen molar-refractivity contribution in [1.82, 2.24) is 5.32 Å². The van der Waals surface area contributed by atoms with E-state index in [1.807, 2.05) is 11.3 Å². The molecule has 2 aliphatic carbocycles. The van der Waals surface area contributed by atoms with E-state index in [2.05, 4.69) is 22.8 Å². The number of aliphatic hydroxyl groups excluding tert-OH is 1. The van der Waals surface area contributed by atoms with Crippen LogP contribution in [-0.2, 0) is 0 Å². The summed E-state index contributed by atoms with van der Waals surface area (Å²) in [7, 11) is 0. The number of thiophene rings is 1. The van der Waals surface area contributed by atoms with Crippen molar-refractivity contribution in [3.05, 3.63) is 22.4 Å². The summed E-state index contributed by atoms with van der Waals surface area (Å²) in [5, 5.41) is 15.4. The van der Waals surface area contributed by atoms with E-state index in [0.717, 1.165) is 12.5 Å². The lowest BCUT2D eigenvalue weighted by Gasteiger charge is -2.26. The van der Waals surface area contributed by atoms with Gasteiger partial charge in [0.2, 0.25) is 0 Å². The monoisotopic (exact) mass is 265 g/mol. The quantitative estimate of drug-likeness (QED) is 0.827. The Hall–Kier alpha value is -0.380. The predicted octanol–water partition coefficient (Wildman–Crippen LogP) is 3.34. The van der Waals surface area contributed by atoms with E-state index in [1.165, 1.54) is 43.4 Å². The minimum absolute atomic E-state index is 0.216. The lowest BCUT2D eigenvalue weighted by molar-refractivity contribution is 0.198. The molecular weight excluding hydrogens is 242 g/mol. The number of hydrogen-bond acceptors (Lipinski definition) is 3. The summed E-state index contributed by atoms with van der Waals surface area (Å²) in [5.74, 6) is 0.804. The third-order valence-corrected chi connectivity index (χ3v) is 5.67. The van der Waals surface area contributed by atoms with Crippen LogP contribution in [-0.4, -0.2) is 18.3 Å². The second kappa shape index (κ2) is 5.32. The summed E-state index contributed by atoms with van der Waals surface area (Å²) in [6.45, 7) is 1.34. The highest BCUT2D eigenvalue weighted by atomic mass is 32.1. The largest absolute Gasteiger partial charge is 0.396 e. The Kier molecular flexibility index (Phi) is 3.73. The number of nitrogens with one attached hydrogen (secondary N) is 1. The lowest BCUT2D eigenvalue weighted by Crippen LogP contribution is -2.33. The second-order valence-electron chi connectivity index (χ2n) is 6.08. The number of rotatable bonds is 6. The summed E-state index contributed by atoms with van der Waals surface area (Å²) >= 11 is 1.87. The first kappa shape index (κ1) is 12.6. The summed E-state index contributed by atoms with van der Waals surface area (Å²) in [6.07, 6.45) is 7.89. The van der Waals surface area contributed by atoms with Gasteiger partial charge in [0, 0.05) is 29.5 Å². The molecule has 0 spiro atoms. The smallest absolute Gasteiger partial charge is 0.0499 e. The van der Waals surface area contributed by atoms with Gasteiger partial charge in [-0.2, -0.15) is 0 Å². The summed E-state index contributed by atoms with van der Waals surface area (Å²) in [5.41, 5.74) is 0.216. The molecule has 2 nitrogen and oxygen atoms in total. The highest BCUT2D eigenvalue weighted by molar-refractivity contribution is 7.10. The van der Waals surface area contributed by atoms with Gasteiger partial charge in [-0.1, -0.05) is 18.9 Å². The van der Waals surface area contributed by atoms with Gasteiger partial charge in [-0.25, -0.2) is 0 Å². The molecule has 0 radical (unpaired) electrons. The molecule has 2 fully saturated rings. The van der Waals surface area contributed by atoms with Gasteiger partial charge in [0.05, 0.1) is 0 Å². The van der Waals surface area contributed by atoms with Crippen LogP contribution in [0.15, 0.2) is 17.5 Å². The van der Waals surface area contributed by atoms with E-state index in [9.17, 15) is 5.11 Å². The first-order valence-corrected chi connectivity index (χ1v) is 8.09. The highest BCUT2D eigenvalue weighted by Crippen LogP contribution is 2.45. The standard InChI is InChI=1S/C15H23NOS/c17-11-15(7-8-15)10-16-14(12-4-1-2-5-12)13-6-3-9-18-13/h3,6,9,12,14,16-17H,1-2,4-5,7-8,10-11H2. The van der Waals surface area contributed by atoms with Crippen LogP contribution >= 0.6 is 11.3 Å². The molecule has 1 aromatic heterocycles. The molecule has 3 heteroatoms. The normalized spacial score (nSPS) is 24.3. The van der Waals surface area contributed by atoms with Crippen molar-refractivity contribution in [3.63, 3.8) is 0 Å². The van der Waals surface area contributed by atoms with Crippen LogP contribution in [0.5, 0.6) is 0 Å². The maximum absolute atomic E-state index is 9.43. The van der Waals surface area contributed by atoms with Crippen molar-refractivity contribution in [2.75, 3.05) is 13.2 Å². The molecule has 0 saturated heterocycles. The zero-order chi connectivity index (χ0) is 12.4. The van der Waals surface area contributed by atoms with Crippen LogP contribution in [0.1, 0.15) is 49.4 Å². The van der Waals surface area contributed by atoms with E-state index in [0.29, 0.717) is 12.6 Å². The van der Waals surface area contributed by atoms with Crippen molar-refractivity contribution >= 4 is 11.3 Å². The number of aliphatic hydroxyl groups is 1. The van der Waals surface area contributed by atoms with Crippen molar-refractivity contribution in [2.24, 2.45) is 11.3 Å². The molecule has 1 unspecified atom stereocenters. The Balaban J connectivity index is 1.65. The molecule has 0 amide bonds. The Bertz CT molecular complexity index is 366. The van der Waals surface area contributed by atoms with Gasteiger partial charge in [-0.15, -0.1) is 11.3 Å². The predicted molar refractivity (Wildman–Crippen MR) is 75.8 cm³/mol. The van der Waals surface area contributed by atoms with Crippen LogP contribution in [0.3, 0.4) is 0 Å². The van der Waals surface area contributed by atoms with Crippen LogP contribution in [0.2, 0.25) is 0 Å². The topological polar surface area (TPSA) is 32.3 Å². The van der Waals surface area contributed by atoms with Gasteiger partial charge in [0.1, 0.15) is 0 Å². The molecule has 0 bridgehead atoms. The van der Waals surface area contributed by atoms with Crippen molar-refractivity contribution in [3.8, 4) is 0 Å². The Morgan fingerprint density at radius 3 is 2.72 bits per heavy atom. The van der Waals surface area contributed by atoms with E-state index < -0.39 is 0 Å². The minimum atomic E-state index is 0.216. The third kappa shape index (κ3) is 2.63. The van der Waals surface area contributed by atoms with E-state index >= 15 is 0 Å². The molecule has 18 heavy (non-hydrogen) atoms. The Morgan fingerprint density at radius 1 is 1.39 bits per heavy atom. The molecule has 2 N–H and O–H groups in total. The van der Waals surface area contributed by atoms with Crippen LogP contribution in [0, 0.1) is 11.3 Å². The zero-order valence-electron chi connectivity index (χ0n) is 10.9. The molecule has 2 saturated carbocycles. The number of hydrogen-bond donors (Lipinski definition) is 2. The molecule has 1 heterocycles. The van der Waals surface area contributed by atoms with Gasteiger partial charge in [-0.3, -0.25) is 0 Å². The SMILES string of the molecule is OCC1(CNC(c2cccs2)C2CCCC2)CC1. The van der Waals surface area contributed by atoms with Gasteiger partial charge >= 0.3 is 0 Å². The first-order chi connectivity index (χ1) is 8.83. The maximum Gasteiger partial charge on any atom is 0.0499 e. The van der Waals surface area contributed by atoms with Gasteiger partial charge in [0.25, 0.3) is 0 Å². The average Bonchev–Trinajstić information content (AvgIpc) is 2.86. The summed E-state index contributed by atoms with van der Waals surface area (Å²) in [6, 6.07) is 4.94. The molecule has 1 aromatic rings. The second-order valence-corrected chi connectivity index (χ2v) is 7.06. The Morgan fingerprint density at radius 2 is 2.17 bits per heavy atom. The third-order valence-electron chi connectivity index (χ3n) is 4.71. The van der Waals surface area contributed by atoms with Crippen molar-refractivity contribution in [1.29, 1.82) is 0 Å². The maximum atomic E-state index is 9.43. The minimum Gasteiger partial charge on any atom is -0.396 e. The fourth-order valence-corrected chi connectivity index (χ4v) is 4.05. The first-order valence-electron chi connectivity index (χ1n) is 7.21. The summed E-state index contributed by atoms with van der Waals surface area (Å²) in [4.78, 5) is 1.48. The molecule has 1 atom stereocenters. The van der Waals surface area contributed by atoms with Crippen LogP contribution in [0.4, 0.5) is 0 Å². The zero-order valence-corrected chi connectivity index (χ0v) is 11.7. The van der Waals surface area contributed by atoms with Crippen molar-refractivity contribution in [2.45, 2.75) is 44.6 Å². The van der Waals surface area contributed by atoms with Crippen LogP contribution in [0.25, 0.3) is 0 Å². The molecule has 100 valence electrons. The van der Waals surface area contributed by atoms with E-state index in [-0.39, 0.29) is 5.41 Å². The average molecular weight is 265 g/mol. The molecule has 0 aliphatic heterocycles. The van der Waals surface area contributed by atoms with E-state index in [4.69, 9.17) is 0 Å². The fraction of sp³-hybridized carbons (Fsp3) is 0.733. The van der Waals surface area contributed by atoms with Gasteiger partial charge in [-0.05, 0) is 43.0 Å². The Labute approximate surface area is 113 Å². The van der Waals surface area contributed by atoms with E-state index in [1.54, 1.807) is 0 Å².